The molecule has 2 atom stereocenters. The van der Waals surface area contributed by atoms with E-state index in [1.165, 1.54) is 6.66 Å². The Hall–Kier alpha value is 0.190. The second-order valence-electron chi connectivity index (χ2n) is 2.20. The van der Waals surface area contributed by atoms with Crippen LogP contribution in [0.25, 0.3) is 0 Å². The van der Waals surface area contributed by atoms with E-state index in [9.17, 15) is 4.57 Å². The average Bonchev–Trinajstić information content (AvgIpc) is 1.62. The van der Waals surface area contributed by atoms with Gasteiger partial charge in [-0.1, -0.05) is 13.8 Å². The lowest BCUT2D eigenvalue weighted by Crippen LogP contribution is -1.98. The largest absolute Gasteiger partial charge is 0.344 e. The van der Waals surface area contributed by atoms with Gasteiger partial charge in [-0.25, -0.2) is 0 Å². The van der Waals surface area contributed by atoms with Crippen LogP contribution in [-0.2, 0) is 4.57 Å². The van der Waals surface area contributed by atoms with Crippen LogP contribution in [0.4, 0.5) is 0 Å². The molecule has 0 aliphatic rings. The highest BCUT2D eigenvalue weighted by molar-refractivity contribution is 7.57. The molecule has 3 heteroatoms. The fraction of sp³-hybridized carbons (Fsp3) is 1.00. The molecule has 0 saturated carbocycles. The van der Waals surface area contributed by atoms with E-state index in [1.54, 1.807) is 6.92 Å². The summed E-state index contributed by atoms with van der Waals surface area (Å²) in [5.74, 6) is 0. The van der Waals surface area contributed by atoms with Crippen molar-refractivity contribution in [2.24, 2.45) is 0 Å². The van der Waals surface area contributed by atoms with Gasteiger partial charge in [-0.2, -0.15) is 0 Å². The lowest BCUT2D eigenvalue weighted by molar-refractivity contribution is 0.471. The number of hydrogen-bond donors (Lipinski definition) is 1. The predicted octanol–water partition coefficient (Wildman–Crippen LogP) is 1.69. The standard InChI is InChI=1S/C5H13O2P/c1-4-5(2)8(3,6)7/h5H,4H2,1-3H3,(H,6,7). The van der Waals surface area contributed by atoms with Gasteiger partial charge in [0.05, 0.1) is 0 Å². The normalized spacial score (nSPS) is 22.0. The molecule has 0 spiro atoms. The van der Waals surface area contributed by atoms with Gasteiger partial charge < -0.3 is 4.89 Å². The lowest BCUT2D eigenvalue weighted by Gasteiger charge is -2.10. The maximum Gasteiger partial charge on any atom is 0.200 e. The summed E-state index contributed by atoms with van der Waals surface area (Å²) >= 11 is 0. The highest BCUT2D eigenvalue weighted by Gasteiger charge is 2.17. The molecule has 0 rings (SSSR count). The first-order valence-electron chi connectivity index (χ1n) is 2.78. The molecule has 0 heterocycles. The third-order valence-electron chi connectivity index (χ3n) is 1.41. The summed E-state index contributed by atoms with van der Waals surface area (Å²) in [6, 6.07) is 0. The van der Waals surface area contributed by atoms with Gasteiger partial charge >= 0.3 is 0 Å². The molecule has 0 aromatic rings. The molecular weight excluding hydrogens is 123 g/mol. The summed E-state index contributed by atoms with van der Waals surface area (Å²) in [5.41, 5.74) is -0.0394. The van der Waals surface area contributed by atoms with Crippen molar-refractivity contribution in [2.45, 2.75) is 25.9 Å². The fourth-order valence-electron chi connectivity index (χ4n) is 0.339. The maximum absolute atomic E-state index is 10.7. The van der Waals surface area contributed by atoms with Gasteiger partial charge in [-0.15, -0.1) is 0 Å². The molecule has 0 saturated heterocycles. The van der Waals surface area contributed by atoms with Crippen molar-refractivity contribution in [3.8, 4) is 0 Å². The molecule has 0 aromatic heterocycles. The number of hydrogen-bond acceptors (Lipinski definition) is 1. The Labute approximate surface area is 50.4 Å². The van der Waals surface area contributed by atoms with Gasteiger partial charge in [0.2, 0.25) is 0 Å². The molecule has 50 valence electrons. The third kappa shape index (κ3) is 2.49. The van der Waals surface area contributed by atoms with Gasteiger partial charge in [0, 0.05) is 12.3 Å². The molecule has 0 amide bonds. The van der Waals surface area contributed by atoms with Crippen LogP contribution in [0.3, 0.4) is 0 Å². The maximum atomic E-state index is 10.7. The van der Waals surface area contributed by atoms with E-state index < -0.39 is 7.37 Å². The second-order valence-corrected chi connectivity index (χ2v) is 4.97. The third-order valence-corrected chi connectivity index (χ3v) is 3.41. The van der Waals surface area contributed by atoms with E-state index in [4.69, 9.17) is 4.89 Å². The molecule has 0 bridgehead atoms. The fourth-order valence-corrected chi connectivity index (χ4v) is 1.02. The first kappa shape index (κ1) is 8.19. The number of rotatable bonds is 2. The van der Waals surface area contributed by atoms with Gasteiger partial charge in [0.15, 0.2) is 7.37 Å². The Morgan fingerprint density at radius 3 is 2.12 bits per heavy atom. The highest BCUT2D eigenvalue weighted by atomic mass is 31.2. The molecule has 1 N–H and O–H groups in total. The van der Waals surface area contributed by atoms with Crippen LogP contribution in [0.1, 0.15) is 20.3 Å². The zero-order valence-corrected chi connectivity index (χ0v) is 6.48. The van der Waals surface area contributed by atoms with E-state index in [2.05, 4.69) is 0 Å². The van der Waals surface area contributed by atoms with Crippen LogP contribution in [-0.4, -0.2) is 17.2 Å². The minimum Gasteiger partial charge on any atom is -0.344 e. The molecule has 0 aromatic carbocycles. The Bertz CT molecular complexity index is 105. The van der Waals surface area contributed by atoms with Crippen molar-refractivity contribution in [3.63, 3.8) is 0 Å². The van der Waals surface area contributed by atoms with Crippen molar-refractivity contribution in [1.29, 1.82) is 0 Å². The molecule has 2 unspecified atom stereocenters. The summed E-state index contributed by atoms with van der Waals surface area (Å²) < 4.78 is 10.7. The molecule has 0 aliphatic carbocycles. The molecule has 0 radical (unpaired) electrons. The quantitative estimate of drug-likeness (QED) is 0.586. The van der Waals surface area contributed by atoms with Crippen molar-refractivity contribution >= 4 is 7.37 Å². The minimum absolute atomic E-state index is 0.0394. The van der Waals surface area contributed by atoms with Crippen LogP contribution in [0.2, 0.25) is 0 Å². The first-order valence-corrected chi connectivity index (χ1v) is 4.96. The Morgan fingerprint density at radius 2 is 2.12 bits per heavy atom. The van der Waals surface area contributed by atoms with E-state index in [1.807, 2.05) is 6.92 Å². The summed E-state index contributed by atoms with van der Waals surface area (Å²) in [7, 11) is -2.76. The average molecular weight is 136 g/mol. The Morgan fingerprint density at radius 1 is 1.75 bits per heavy atom. The van der Waals surface area contributed by atoms with Crippen LogP contribution < -0.4 is 0 Å². The van der Waals surface area contributed by atoms with E-state index in [0.29, 0.717) is 0 Å². The summed E-state index contributed by atoms with van der Waals surface area (Å²) in [6.07, 6.45) is 0.782. The van der Waals surface area contributed by atoms with Crippen molar-refractivity contribution in [1.82, 2.24) is 0 Å². The topological polar surface area (TPSA) is 37.3 Å². The lowest BCUT2D eigenvalue weighted by atomic mass is 10.4. The molecule has 8 heavy (non-hydrogen) atoms. The van der Waals surface area contributed by atoms with Crippen molar-refractivity contribution < 1.29 is 9.46 Å². The van der Waals surface area contributed by atoms with Gasteiger partial charge in [0.25, 0.3) is 0 Å². The van der Waals surface area contributed by atoms with Crippen LogP contribution >= 0.6 is 7.37 Å². The second kappa shape index (κ2) is 2.65. The Balaban J connectivity index is 3.82. The van der Waals surface area contributed by atoms with E-state index in [0.717, 1.165) is 6.42 Å². The predicted molar refractivity (Wildman–Crippen MR) is 35.5 cm³/mol. The van der Waals surface area contributed by atoms with Crippen molar-refractivity contribution in [2.75, 3.05) is 6.66 Å². The van der Waals surface area contributed by atoms with E-state index >= 15 is 0 Å². The van der Waals surface area contributed by atoms with Crippen molar-refractivity contribution in [3.05, 3.63) is 0 Å². The first-order chi connectivity index (χ1) is 3.48. The minimum atomic E-state index is -2.76. The summed E-state index contributed by atoms with van der Waals surface area (Å²) in [6.45, 7) is 5.11. The van der Waals surface area contributed by atoms with Gasteiger partial charge in [0.1, 0.15) is 0 Å². The monoisotopic (exact) mass is 136 g/mol. The summed E-state index contributed by atoms with van der Waals surface area (Å²) in [4.78, 5) is 8.84. The SMILES string of the molecule is CCC(C)P(C)(=O)O. The zero-order chi connectivity index (χ0) is 6.78. The van der Waals surface area contributed by atoms with Crippen LogP contribution in [0.15, 0.2) is 0 Å². The molecule has 0 fully saturated rings. The molecule has 0 aliphatic heterocycles. The van der Waals surface area contributed by atoms with Crippen LogP contribution in [0.5, 0.6) is 0 Å². The van der Waals surface area contributed by atoms with E-state index in [-0.39, 0.29) is 5.66 Å². The smallest absolute Gasteiger partial charge is 0.200 e. The molecule has 2 nitrogen and oxygen atoms in total. The summed E-state index contributed by atoms with van der Waals surface area (Å²) in [5, 5.41) is 0. The van der Waals surface area contributed by atoms with Gasteiger partial charge in [-0.3, -0.25) is 4.57 Å². The van der Waals surface area contributed by atoms with Crippen LogP contribution in [0, 0.1) is 0 Å². The zero-order valence-electron chi connectivity index (χ0n) is 5.59. The molecular formula is C5H13O2P. The Kier molecular flexibility index (Phi) is 2.72. The highest BCUT2D eigenvalue weighted by Crippen LogP contribution is 2.42. The van der Waals surface area contributed by atoms with Gasteiger partial charge in [-0.05, 0) is 6.42 Å².